The summed E-state index contributed by atoms with van der Waals surface area (Å²) in [6, 6.07) is 8.54. The fourth-order valence-corrected chi connectivity index (χ4v) is 2.45. The van der Waals surface area contributed by atoms with Crippen molar-refractivity contribution in [3.63, 3.8) is 0 Å². The predicted molar refractivity (Wildman–Crippen MR) is 93.2 cm³/mol. The number of hydrogen-bond acceptors (Lipinski definition) is 4. The molecule has 1 N–H and O–H groups in total. The van der Waals surface area contributed by atoms with E-state index < -0.39 is 25.1 Å². The Labute approximate surface area is 157 Å². The summed E-state index contributed by atoms with van der Waals surface area (Å²) in [5.41, 5.74) is 0.657. The maximum absolute atomic E-state index is 12.4. The number of carbonyl (C=O) groups excluding carboxylic acids is 2. The molecule has 5 nitrogen and oxygen atoms in total. The Morgan fingerprint density at radius 3 is 2.54 bits per heavy atom. The Hall–Kier alpha value is -2.38. The molecule has 0 aliphatic rings. The largest absolute Gasteiger partial charge is 0.452 e. The molecule has 0 fully saturated rings. The second-order valence-electron chi connectivity index (χ2n) is 5.05. The van der Waals surface area contributed by atoms with Crippen LogP contribution in [-0.2, 0) is 9.53 Å². The Bertz CT molecular complexity index is 830. The zero-order chi connectivity index (χ0) is 19.3. The van der Waals surface area contributed by atoms with Gasteiger partial charge in [0.1, 0.15) is 11.3 Å². The number of carbonyl (C=O) groups is 2. The van der Waals surface area contributed by atoms with Crippen molar-refractivity contribution >= 4 is 40.8 Å². The van der Waals surface area contributed by atoms with Crippen molar-refractivity contribution in [1.29, 1.82) is 0 Å². The number of aryl methyl sites for hydroxylation is 1. The number of halogens is 4. The van der Waals surface area contributed by atoms with Crippen LogP contribution in [0.5, 0.6) is 5.75 Å². The summed E-state index contributed by atoms with van der Waals surface area (Å²) in [7, 11) is 0. The molecule has 0 atom stereocenters. The van der Waals surface area contributed by atoms with Gasteiger partial charge < -0.3 is 14.8 Å². The third-order valence-corrected chi connectivity index (χ3v) is 4.01. The molecular weight excluding hydrogens is 391 g/mol. The highest BCUT2D eigenvalue weighted by atomic mass is 35.5. The van der Waals surface area contributed by atoms with Crippen molar-refractivity contribution in [1.82, 2.24) is 0 Å². The standard InChI is InChI=1S/C17H13Cl2F2NO4/c1-9-6-7-11(18)15(14(9)19)22-13(23)8-25-16(24)10-4-2-3-5-12(10)26-17(20)21/h2-7,17H,8H2,1H3,(H,22,23). The van der Waals surface area contributed by atoms with Gasteiger partial charge in [0.05, 0.1) is 15.7 Å². The second kappa shape index (κ2) is 8.82. The van der Waals surface area contributed by atoms with E-state index >= 15 is 0 Å². The molecule has 0 saturated carbocycles. The lowest BCUT2D eigenvalue weighted by atomic mass is 10.2. The van der Waals surface area contributed by atoms with Crippen LogP contribution in [0.25, 0.3) is 0 Å². The van der Waals surface area contributed by atoms with E-state index in [1.54, 1.807) is 19.1 Å². The fraction of sp³-hybridized carbons (Fsp3) is 0.176. The first kappa shape index (κ1) is 19.9. The minimum Gasteiger partial charge on any atom is -0.452 e. The molecule has 0 unspecified atom stereocenters. The van der Waals surface area contributed by atoms with Crippen molar-refractivity contribution in [3.8, 4) is 5.75 Å². The number of nitrogens with one attached hydrogen (secondary N) is 1. The zero-order valence-corrected chi connectivity index (χ0v) is 14.9. The third-order valence-electron chi connectivity index (χ3n) is 3.21. The summed E-state index contributed by atoms with van der Waals surface area (Å²) in [5, 5.41) is 2.92. The van der Waals surface area contributed by atoms with E-state index in [9.17, 15) is 18.4 Å². The molecule has 26 heavy (non-hydrogen) atoms. The topological polar surface area (TPSA) is 64.6 Å². The van der Waals surface area contributed by atoms with Crippen molar-refractivity contribution in [2.45, 2.75) is 13.5 Å². The van der Waals surface area contributed by atoms with Crippen LogP contribution in [0, 0.1) is 6.92 Å². The van der Waals surface area contributed by atoms with Crippen molar-refractivity contribution in [2.24, 2.45) is 0 Å². The van der Waals surface area contributed by atoms with Crippen LogP contribution >= 0.6 is 23.2 Å². The SMILES string of the molecule is Cc1ccc(Cl)c(NC(=O)COC(=O)c2ccccc2OC(F)F)c1Cl. The van der Waals surface area contributed by atoms with Gasteiger partial charge in [-0.1, -0.05) is 41.4 Å². The number of anilines is 1. The lowest BCUT2D eigenvalue weighted by Crippen LogP contribution is -2.22. The van der Waals surface area contributed by atoms with Gasteiger partial charge in [-0.3, -0.25) is 4.79 Å². The molecule has 0 aromatic heterocycles. The smallest absolute Gasteiger partial charge is 0.387 e. The Morgan fingerprint density at radius 1 is 1.15 bits per heavy atom. The van der Waals surface area contributed by atoms with E-state index in [1.807, 2.05) is 0 Å². The molecule has 138 valence electrons. The van der Waals surface area contributed by atoms with E-state index in [4.69, 9.17) is 27.9 Å². The molecule has 0 spiro atoms. The third kappa shape index (κ3) is 5.06. The van der Waals surface area contributed by atoms with Gasteiger partial charge in [-0.05, 0) is 30.7 Å². The highest BCUT2D eigenvalue weighted by Crippen LogP contribution is 2.32. The lowest BCUT2D eigenvalue weighted by molar-refractivity contribution is -0.119. The molecule has 2 aromatic rings. The van der Waals surface area contributed by atoms with Crippen LogP contribution in [0.15, 0.2) is 36.4 Å². The molecule has 2 rings (SSSR count). The molecule has 0 aliphatic heterocycles. The second-order valence-corrected chi connectivity index (χ2v) is 5.84. The maximum Gasteiger partial charge on any atom is 0.387 e. The van der Waals surface area contributed by atoms with E-state index in [-0.39, 0.29) is 27.0 Å². The number of para-hydroxylation sites is 1. The minimum absolute atomic E-state index is 0.191. The van der Waals surface area contributed by atoms with Gasteiger partial charge in [0, 0.05) is 0 Å². The van der Waals surface area contributed by atoms with Crippen LogP contribution < -0.4 is 10.1 Å². The van der Waals surface area contributed by atoms with Crippen LogP contribution in [0.3, 0.4) is 0 Å². The summed E-state index contributed by atoms with van der Waals surface area (Å²) < 4.78 is 33.8. The molecule has 2 aromatic carbocycles. The van der Waals surface area contributed by atoms with Crippen LogP contribution in [0.1, 0.15) is 15.9 Å². The highest BCUT2D eigenvalue weighted by molar-refractivity contribution is 6.40. The van der Waals surface area contributed by atoms with Crippen LogP contribution in [0.4, 0.5) is 14.5 Å². The summed E-state index contributed by atoms with van der Waals surface area (Å²) in [6.45, 7) is -2.03. The van der Waals surface area contributed by atoms with Crippen LogP contribution in [0.2, 0.25) is 10.0 Å². The number of rotatable bonds is 6. The lowest BCUT2D eigenvalue weighted by Gasteiger charge is -2.12. The molecule has 9 heteroatoms. The van der Waals surface area contributed by atoms with Gasteiger partial charge in [0.15, 0.2) is 6.61 Å². The van der Waals surface area contributed by atoms with Crippen molar-refractivity contribution < 1.29 is 27.8 Å². The molecule has 0 saturated heterocycles. The first-order chi connectivity index (χ1) is 12.3. The first-order valence-electron chi connectivity index (χ1n) is 7.25. The van der Waals surface area contributed by atoms with Gasteiger partial charge in [-0.2, -0.15) is 8.78 Å². The average Bonchev–Trinajstić information content (AvgIpc) is 2.60. The summed E-state index contributed by atoms with van der Waals surface area (Å²) in [6.07, 6.45) is 0. The minimum atomic E-state index is -3.10. The number of hydrogen-bond donors (Lipinski definition) is 1. The quantitative estimate of drug-likeness (QED) is 0.709. The fourth-order valence-electron chi connectivity index (χ4n) is 1.99. The normalized spacial score (nSPS) is 10.5. The summed E-state index contributed by atoms with van der Waals surface area (Å²) in [4.78, 5) is 24.0. The molecular formula is C17H13Cl2F2NO4. The van der Waals surface area contributed by atoms with E-state index in [0.29, 0.717) is 5.56 Å². The Kier molecular flexibility index (Phi) is 6.76. The average molecular weight is 404 g/mol. The molecule has 0 aliphatic carbocycles. The monoisotopic (exact) mass is 403 g/mol. The zero-order valence-electron chi connectivity index (χ0n) is 13.4. The summed E-state index contributed by atoms with van der Waals surface area (Å²) in [5.74, 6) is -2.03. The summed E-state index contributed by atoms with van der Waals surface area (Å²) >= 11 is 12.1. The number of alkyl halides is 2. The maximum atomic E-state index is 12.4. The Morgan fingerprint density at radius 2 is 1.85 bits per heavy atom. The predicted octanol–water partition coefficient (Wildman–Crippen LogP) is 4.70. The van der Waals surface area contributed by atoms with E-state index in [0.717, 1.165) is 0 Å². The van der Waals surface area contributed by atoms with Crippen molar-refractivity contribution in [3.05, 3.63) is 57.6 Å². The number of amides is 1. The molecule has 0 bridgehead atoms. The van der Waals surface area contributed by atoms with Crippen molar-refractivity contribution in [2.75, 3.05) is 11.9 Å². The van der Waals surface area contributed by atoms with Gasteiger partial charge in [0.25, 0.3) is 5.91 Å². The molecule has 0 radical (unpaired) electrons. The molecule has 1 amide bonds. The van der Waals surface area contributed by atoms with E-state index in [1.165, 1.54) is 24.3 Å². The van der Waals surface area contributed by atoms with Gasteiger partial charge in [-0.15, -0.1) is 0 Å². The van der Waals surface area contributed by atoms with Gasteiger partial charge >= 0.3 is 12.6 Å². The van der Waals surface area contributed by atoms with Gasteiger partial charge in [-0.25, -0.2) is 4.79 Å². The van der Waals surface area contributed by atoms with E-state index in [2.05, 4.69) is 10.1 Å². The first-order valence-corrected chi connectivity index (χ1v) is 8.00. The van der Waals surface area contributed by atoms with Crippen LogP contribution in [-0.4, -0.2) is 25.1 Å². The number of benzene rings is 2. The Balaban J connectivity index is 2.02. The number of ether oxygens (including phenoxy) is 2. The highest BCUT2D eigenvalue weighted by Gasteiger charge is 2.18. The van der Waals surface area contributed by atoms with Gasteiger partial charge in [0.2, 0.25) is 0 Å². The number of esters is 1. The molecule has 0 heterocycles.